The van der Waals surface area contributed by atoms with Gasteiger partial charge in [0.1, 0.15) is 116 Å². The number of rotatable bonds is 20. The van der Waals surface area contributed by atoms with Crippen molar-refractivity contribution in [2.75, 3.05) is 0 Å². The van der Waals surface area contributed by atoms with Gasteiger partial charge in [-0.25, -0.2) is 36.5 Å². The molecule has 0 saturated heterocycles. The fourth-order valence-corrected chi connectivity index (χ4v) is 9.50. The van der Waals surface area contributed by atoms with E-state index in [1.54, 1.807) is 12.7 Å². The Morgan fingerprint density at radius 2 is 0.690 bits per heavy atom. The topological polar surface area (TPSA) is 141 Å². The molecule has 0 spiro atoms. The number of hydrogen-bond donors (Lipinski definition) is 3. The van der Waals surface area contributed by atoms with Crippen LogP contribution in [-0.4, -0.2) is 56.4 Å². The highest BCUT2D eigenvalue weighted by molar-refractivity contribution is 6.17. The van der Waals surface area contributed by atoms with Gasteiger partial charge in [0.25, 0.3) is 0 Å². The molecule has 0 fully saturated rings. The zero-order valence-electron chi connectivity index (χ0n) is 47.1. The van der Waals surface area contributed by atoms with Crippen molar-refractivity contribution in [3.8, 4) is 40.0 Å². The summed E-state index contributed by atoms with van der Waals surface area (Å²) in [7, 11) is 2.11. The average molecular weight is 1120 g/mol. The third kappa shape index (κ3) is 15.5. The van der Waals surface area contributed by atoms with Crippen molar-refractivity contribution < 1.29 is 56.3 Å². The standard InChI is InChI=1S/C27H26BN4O2.C26H24B2N4O4.C11H12NO.CH3/c1-22-7-2-3-8-23(22)18-29-13-15-31(20-29)25-10-6-11-26(17-25)32-16-14-30(21-32)19-24-9-4-5-12-27(24)34-28-33;33-27-35-25-7-3-1-5-21(25)17-29-13-15-31(19-29)23-9-11-24(12-10-23)32-16-14-30(20-32)18-22-6-2-4-8-26(22)36-28-34;1-10-4-2-3-5-11(10)8-12-6-7-13-9-12;/h2-17,20-21,33H,18-19H2,1H3;1-16,19-20,33-34H,17-18H2;2-7,9H,8H2,1H3;1H3/q2*+2;+1;-1. The summed E-state index contributed by atoms with van der Waals surface area (Å²) in [6.07, 6.45) is 29.8. The highest BCUT2D eigenvalue weighted by atomic mass is 16.5. The van der Waals surface area contributed by atoms with Crippen molar-refractivity contribution >= 4 is 23.1 Å². The first-order valence-corrected chi connectivity index (χ1v) is 26.9. The second-order valence-corrected chi connectivity index (χ2v) is 19.6. The van der Waals surface area contributed by atoms with Gasteiger partial charge in [-0.1, -0.05) is 109 Å². The minimum atomic E-state index is 0. The molecule has 19 heteroatoms. The molecule has 7 aromatic carbocycles. The number of benzene rings is 7. The lowest BCUT2D eigenvalue weighted by atomic mass is 10.1. The quantitative estimate of drug-likeness (QED) is 0.0415. The fourth-order valence-electron chi connectivity index (χ4n) is 9.50. The van der Waals surface area contributed by atoms with Crippen LogP contribution >= 0.6 is 0 Å². The minimum Gasteiger partial charge on any atom is -0.537 e. The summed E-state index contributed by atoms with van der Waals surface area (Å²) in [5.74, 6) is 1.88. The smallest absolute Gasteiger partial charge is 0.537 e. The molecule has 0 saturated carbocycles. The Morgan fingerprint density at radius 1 is 0.369 bits per heavy atom. The molecular weight excluding hydrogens is 1050 g/mol. The van der Waals surface area contributed by atoms with E-state index in [1.807, 2.05) is 140 Å². The Bertz CT molecular complexity index is 3870. The molecule has 0 atom stereocenters. The first-order valence-electron chi connectivity index (χ1n) is 26.9. The molecule has 16 nitrogen and oxygen atoms in total. The van der Waals surface area contributed by atoms with Crippen LogP contribution in [0.15, 0.2) is 268 Å². The van der Waals surface area contributed by atoms with Gasteiger partial charge >= 0.3 is 29.4 Å². The molecule has 417 valence electrons. The number of hydrogen-bond acceptors (Lipinski definition) is 7. The highest BCUT2D eigenvalue weighted by Gasteiger charge is 2.17. The molecule has 0 unspecified atom stereocenters. The van der Waals surface area contributed by atoms with Crippen LogP contribution in [0.2, 0.25) is 0 Å². The first-order chi connectivity index (χ1) is 40.8. The van der Waals surface area contributed by atoms with E-state index in [0.29, 0.717) is 59.9 Å². The van der Waals surface area contributed by atoms with E-state index in [-0.39, 0.29) is 7.43 Å². The predicted octanol–water partition coefficient (Wildman–Crippen LogP) is 7.28. The number of aromatic nitrogens is 9. The second-order valence-electron chi connectivity index (χ2n) is 19.6. The molecule has 0 aliphatic heterocycles. The van der Waals surface area contributed by atoms with Crippen molar-refractivity contribution in [2.45, 2.75) is 46.6 Å². The Hall–Kier alpha value is -9.94. The predicted molar refractivity (Wildman–Crippen MR) is 319 cm³/mol. The number of aryl methyl sites for hydroxylation is 2. The summed E-state index contributed by atoms with van der Waals surface area (Å²) >= 11 is 0. The largest absolute Gasteiger partial charge is 0.569 e. The van der Waals surface area contributed by atoms with E-state index in [1.165, 1.54) is 22.3 Å². The number of nitrogens with zero attached hydrogens (tertiary/aromatic N) is 9. The lowest BCUT2D eigenvalue weighted by molar-refractivity contribution is -0.691. The number of imidazole rings is 4. The summed E-state index contributed by atoms with van der Waals surface area (Å²) in [6, 6.07) is 56.5. The minimum absolute atomic E-state index is 0. The number of para-hydroxylation sites is 3. The van der Waals surface area contributed by atoms with Gasteiger partial charge in [-0.2, -0.15) is 4.57 Å². The molecule has 12 aromatic rings. The van der Waals surface area contributed by atoms with Crippen molar-refractivity contribution in [3.63, 3.8) is 0 Å². The van der Waals surface area contributed by atoms with E-state index in [9.17, 15) is 0 Å². The molecule has 12 rings (SSSR count). The van der Waals surface area contributed by atoms with E-state index >= 15 is 0 Å². The van der Waals surface area contributed by atoms with Gasteiger partial charge in [0.15, 0.2) is 12.8 Å². The van der Waals surface area contributed by atoms with Crippen LogP contribution in [0.5, 0.6) is 17.2 Å². The van der Waals surface area contributed by atoms with Gasteiger partial charge < -0.3 is 40.9 Å². The van der Waals surface area contributed by atoms with Crippen molar-refractivity contribution in [2.24, 2.45) is 0 Å². The third-order valence-corrected chi connectivity index (χ3v) is 13.9. The van der Waals surface area contributed by atoms with Crippen LogP contribution in [-0.2, 0) is 32.7 Å². The molecule has 0 aliphatic rings. The normalized spacial score (nSPS) is 10.6. The Kier molecular flexibility index (Phi) is 20.4. The lowest BCUT2D eigenvalue weighted by Gasteiger charge is -2.07. The van der Waals surface area contributed by atoms with Crippen LogP contribution in [0.4, 0.5) is 0 Å². The van der Waals surface area contributed by atoms with Crippen LogP contribution in [0.25, 0.3) is 22.7 Å². The van der Waals surface area contributed by atoms with Gasteiger partial charge in [0.05, 0.1) is 0 Å². The zero-order valence-corrected chi connectivity index (χ0v) is 47.1. The van der Waals surface area contributed by atoms with Crippen LogP contribution in [0.1, 0.15) is 38.9 Å². The molecule has 5 heterocycles. The van der Waals surface area contributed by atoms with Crippen LogP contribution in [0.3, 0.4) is 0 Å². The summed E-state index contributed by atoms with van der Waals surface area (Å²) in [5.41, 5.74) is 12.4. The maximum atomic E-state index is 9.01. The molecule has 3 N–H and O–H groups in total. The van der Waals surface area contributed by atoms with Crippen LogP contribution in [0, 0.1) is 21.3 Å². The van der Waals surface area contributed by atoms with Gasteiger partial charge in [-0.3, -0.25) is 0 Å². The van der Waals surface area contributed by atoms with Crippen molar-refractivity contribution in [3.05, 3.63) is 310 Å². The summed E-state index contributed by atoms with van der Waals surface area (Å²) in [6.45, 7) is 7.85. The molecule has 0 aliphatic carbocycles. The van der Waals surface area contributed by atoms with Crippen LogP contribution < -0.4 is 36.8 Å². The molecule has 0 amide bonds. The maximum Gasteiger partial charge on any atom is 0.569 e. The highest BCUT2D eigenvalue weighted by Crippen LogP contribution is 2.21. The first kappa shape index (κ1) is 58.7. The van der Waals surface area contributed by atoms with Gasteiger partial charge in [0, 0.05) is 28.3 Å². The lowest BCUT2D eigenvalue weighted by Crippen LogP contribution is -2.32. The van der Waals surface area contributed by atoms with Gasteiger partial charge in [-0.05, 0) is 85.1 Å². The zero-order chi connectivity index (χ0) is 57.2. The van der Waals surface area contributed by atoms with Gasteiger partial charge in [-0.15, -0.1) is 0 Å². The molecule has 5 aromatic heterocycles. The summed E-state index contributed by atoms with van der Waals surface area (Å²) < 4.78 is 39.3. The summed E-state index contributed by atoms with van der Waals surface area (Å²) in [5, 5.41) is 27.0. The molecule has 0 bridgehead atoms. The van der Waals surface area contributed by atoms with Crippen molar-refractivity contribution in [1.29, 1.82) is 0 Å². The third-order valence-electron chi connectivity index (χ3n) is 13.9. The van der Waals surface area contributed by atoms with E-state index in [2.05, 4.69) is 166 Å². The van der Waals surface area contributed by atoms with E-state index in [0.717, 1.165) is 52.5 Å². The SMILES string of the molecule is Cc1ccccc1C[n+]1ccn(-c2cccc(-n3cc[n+](Cc4ccccc4O[B]O)c3)c2)c1.Cc1ccccc1C[n+]1ccoc1.O[B]Oc1ccccc1C[n+]1ccn(-c2ccc(-n3cc[n+](Cc4ccccc4O[B]O)c3)cc2)c1.[CH3-]. The van der Waals surface area contributed by atoms with E-state index in [4.69, 9.17) is 33.5 Å². The van der Waals surface area contributed by atoms with Gasteiger partial charge in [0.2, 0.25) is 31.5 Å². The summed E-state index contributed by atoms with van der Waals surface area (Å²) in [4.78, 5) is 0. The second kappa shape index (κ2) is 29.2. The average Bonchev–Trinajstić information content (AvgIpc) is 4.59. The Balaban J connectivity index is 0.000000165. The fraction of sp³-hybridized carbons (Fsp3) is 0.108. The monoisotopic (exact) mass is 1120 g/mol. The maximum absolute atomic E-state index is 9.01. The Morgan fingerprint density at radius 3 is 1.04 bits per heavy atom. The molecule has 84 heavy (non-hydrogen) atoms. The molecule has 3 radical (unpaired) electrons. The molecular formula is C65H65B3N9O7+4. The van der Waals surface area contributed by atoms with E-state index < -0.39 is 0 Å². The Labute approximate surface area is 492 Å². The number of oxazole rings is 1. The van der Waals surface area contributed by atoms with Crippen molar-refractivity contribution in [1.82, 2.24) is 18.3 Å².